The maximum absolute atomic E-state index is 7.77. The molecule has 1 N–H and O–H groups in total. The van der Waals surface area contributed by atoms with Crippen molar-refractivity contribution in [3.63, 3.8) is 0 Å². The molecule has 0 saturated carbocycles. The van der Waals surface area contributed by atoms with Crippen molar-refractivity contribution >= 4 is 19.0 Å². The lowest BCUT2D eigenvalue weighted by Gasteiger charge is -1.97. The van der Waals surface area contributed by atoms with E-state index in [0.717, 1.165) is 29.6 Å². The van der Waals surface area contributed by atoms with Gasteiger partial charge in [0.15, 0.2) is 0 Å². The topological polar surface area (TPSA) is 42.0 Å². The number of rotatable bonds is 5. The average Bonchev–Trinajstić information content (AvgIpc) is 2.83. The molecular weight excluding hydrogens is 188 g/mol. The first-order valence-corrected chi connectivity index (χ1v) is 10.9. The van der Waals surface area contributed by atoms with Gasteiger partial charge in [0, 0.05) is 16.4 Å². The number of unbranched alkanes of at least 4 members (excludes halogenated alkanes) is 1. The molecule has 74 valence electrons. The van der Waals surface area contributed by atoms with Gasteiger partial charge in [0.1, 0.15) is 15.4 Å². The van der Waals surface area contributed by atoms with Crippen LogP contribution in [0.25, 0.3) is 0 Å². The second kappa shape index (κ2) is 9.40. The molecule has 0 spiro atoms. The van der Waals surface area contributed by atoms with Gasteiger partial charge in [0.05, 0.1) is 13.2 Å². The fraction of sp³-hybridized carbons (Fsp3) is 1.00. The van der Waals surface area contributed by atoms with E-state index in [9.17, 15) is 0 Å². The second-order valence-corrected chi connectivity index (χ2v) is 5.23. The van der Waals surface area contributed by atoms with Crippen LogP contribution in [0.1, 0.15) is 19.8 Å². The summed E-state index contributed by atoms with van der Waals surface area (Å²) >= 11 is 0. The molecule has 0 bridgehead atoms. The van der Waals surface area contributed by atoms with Crippen molar-refractivity contribution in [1.29, 1.82) is 0 Å². The van der Waals surface area contributed by atoms with Crippen LogP contribution in [0.4, 0.5) is 0 Å². The summed E-state index contributed by atoms with van der Waals surface area (Å²) in [5.41, 5.74) is 0. The van der Waals surface area contributed by atoms with Crippen molar-refractivity contribution in [2.45, 2.75) is 25.9 Å². The molecule has 1 rings (SSSR count). The maximum atomic E-state index is 7.77. The molecule has 0 aromatic rings. The van der Waals surface area contributed by atoms with Gasteiger partial charge in [0.25, 0.3) is 0 Å². The predicted octanol–water partition coefficient (Wildman–Crippen LogP) is -1.46. The summed E-state index contributed by atoms with van der Waals surface area (Å²) in [5, 5.41) is 0. The van der Waals surface area contributed by atoms with Crippen LogP contribution >= 0.6 is 0 Å². The maximum Gasteiger partial charge on any atom is 0.134 e. The lowest BCUT2D eigenvalue weighted by Crippen LogP contribution is -2.01. The zero-order valence-corrected chi connectivity index (χ0v) is 11.5. The molecule has 1 fully saturated rings. The molecule has 0 radical (unpaired) electrons. The van der Waals surface area contributed by atoms with E-state index in [-0.39, 0.29) is 0 Å². The zero-order chi connectivity index (χ0) is 9.23. The Morgan fingerprint density at radius 3 is 2.75 bits per heavy atom. The van der Waals surface area contributed by atoms with Gasteiger partial charge >= 0.3 is 0 Å². The molecular formula is C7H20O3Si2. The molecule has 0 aromatic carbocycles. The normalized spacial score (nSPS) is 21.0. The van der Waals surface area contributed by atoms with Gasteiger partial charge in [-0.3, -0.25) is 0 Å². The average molecular weight is 208 g/mol. The second-order valence-electron chi connectivity index (χ2n) is 2.70. The van der Waals surface area contributed by atoms with E-state index >= 15 is 0 Å². The van der Waals surface area contributed by atoms with E-state index in [1.54, 1.807) is 0 Å². The third-order valence-electron chi connectivity index (χ3n) is 1.35. The summed E-state index contributed by atoms with van der Waals surface area (Å²) in [6.07, 6.45) is 2.82. The summed E-state index contributed by atoms with van der Waals surface area (Å²) in [6.45, 7) is 4.78. The number of epoxide rings is 1. The van der Waals surface area contributed by atoms with Crippen LogP contribution in [0, 0.1) is 0 Å². The Balaban J connectivity index is 0.000000354. The molecule has 1 heterocycles. The quantitative estimate of drug-likeness (QED) is 0.341. The molecule has 1 unspecified atom stereocenters. The molecule has 5 heteroatoms. The van der Waals surface area contributed by atoms with Crippen LogP contribution in [-0.2, 0) is 9.47 Å². The number of hydrogen-bond acceptors (Lipinski definition) is 3. The van der Waals surface area contributed by atoms with Gasteiger partial charge in [-0.1, -0.05) is 13.3 Å². The molecule has 1 saturated heterocycles. The third-order valence-corrected chi connectivity index (χ3v) is 1.35. The molecule has 0 aliphatic carbocycles. The zero-order valence-electron chi connectivity index (χ0n) is 8.08. The van der Waals surface area contributed by atoms with Crippen molar-refractivity contribution in [3.05, 3.63) is 0 Å². The minimum Gasteiger partial charge on any atom is -0.442 e. The van der Waals surface area contributed by atoms with Crippen molar-refractivity contribution in [3.8, 4) is 0 Å². The molecule has 1 atom stereocenters. The van der Waals surface area contributed by atoms with E-state index in [0.29, 0.717) is 6.10 Å². The van der Waals surface area contributed by atoms with Gasteiger partial charge < -0.3 is 14.3 Å². The highest BCUT2D eigenvalue weighted by Gasteiger charge is 2.21. The Labute approximate surface area is 79.6 Å². The van der Waals surface area contributed by atoms with Gasteiger partial charge in [0.2, 0.25) is 0 Å². The Morgan fingerprint density at radius 2 is 2.33 bits per heavy atom. The van der Waals surface area contributed by atoms with Crippen LogP contribution < -0.4 is 0 Å². The monoisotopic (exact) mass is 208 g/mol. The Morgan fingerprint density at radius 1 is 1.75 bits per heavy atom. The van der Waals surface area contributed by atoms with Crippen LogP contribution in [0.5, 0.6) is 0 Å². The van der Waals surface area contributed by atoms with E-state index in [2.05, 4.69) is 6.92 Å². The lowest BCUT2D eigenvalue weighted by atomic mass is 10.4. The highest BCUT2D eigenvalue weighted by molar-refractivity contribution is 6.84. The fourth-order valence-corrected chi connectivity index (χ4v) is 0.625. The van der Waals surface area contributed by atoms with E-state index < -0.39 is 9.28 Å². The Bertz CT molecular complexity index is 88.7. The molecule has 1 aliphatic heterocycles. The van der Waals surface area contributed by atoms with Gasteiger partial charge in [-0.25, -0.2) is 0 Å². The van der Waals surface area contributed by atoms with Crippen molar-refractivity contribution < 1.29 is 14.3 Å². The lowest BCUT2D eigenvalue weighted by molar-refractivity contribution is 0.114. The SMILES string of the molecule is CCCCOCC1CO1.O[SiH2][SiH3]. The molecule has 1 aliphatic rings. The fourth-order valence-electron chi connectivity index (χ4n) is 0.625. The minimum atomic E-state index is -0.444. The molecule has 0 amide bonds. The largest absolute Gasteiger partial charge is 0.442 e. The highest BCUT2D eigenvalue weighted by atomic mass is 29.1. The van der Waals surface area contributed by atoms with Crippen molar-refractivity contribution in [2.24, 2.45) is 0 Å². The minimum absolute atomic E-state index is 0.432. The molecule has 3 nitrogen and oxygen atoms in total. The van der Waals surface area contributed by atoms with Crippen LogP contribution in [0.3, 0.4) is 0 Å². The van der Waals surface area contributed by atoms with E-state index in [4.69, 9.17) is 14.3 Å². The summed E-state index contributed by atoms with van der Waals surface area (Å²) < 4.78 is 10.2. The first kappa shape index (κ1) is 12.3. The van der Waals surface area contributed by atoms with Crippen molar-refractivity contribution in [1.82, 2.24) is 0 Å². The van der Waals surface area contributed by atoms with E-state index in [1.165, 1.54) is 12.8 Å². The highest BCUT2D eigenvalue weighted by Crippen LogP contribution is 2.08. The Kier molecular flexibility index (Phi) is 9.65. The molecule has 0 aromatic heterocycles. The summed E-state index contributed by atoms with van der Waals surface area (Å²) in [6, 6.07) is 0. The first-order valence-electron chi connectivity index (χ1n) is 4.65. The Hall–Kier alpha value is 0.314. The van der Waals surface area contributed by atoms with Gasteiger partial charge in [-0.15, -0.1) is 0 Å². The van der Waals surface area contributed by atoms with Crippen LogP contribution in [0.2, 0.25) is 0 Å². The van der Waals surface area contributed by atoms with E-state index in [1.807, 2.05) is 0 Å². The van der Waals surface area contributed by atoms with Gasteiger partial charge in [-0.05, 0) is 6.42 Å². The van der Waals surface area contributed by atoms with Crippen LogP contribution in [-0.4, -0.2) is 49.8 Å². The summed E-state index contributed by atoms with van der Waals surface area (Å²) in [5.74, 6) is 0. The molecule has 12 heavy (non-hydrogen) atoms. The predicted molar refractivity (Wildman–Crippen MR) is 56.2 cm³/mol. The van der Waals surface area contributed by atoms with Gasteiger partial charge in [-0.2, -0.15) is 0 Å². The smallest absolute Gasteiger partial charge is 0.134 e. The summed E-state index contributed by atoms with van der Waals surface area (Å²) in [4.78, 5) is 7.77. The number of hydrogen-bond donors (Lipinski definition) is 1. The third kappa shape index (κ3) is 10.3. The first-order chi connectivity index (χ1) is 5.85. The number of ether oxygens (including phenoxy) is 2. The summed E-state index contributed by atoms with van der Waals surface area (Å²) in [7, 11) is 0.619. The van der Waals surface area contributed by atoms with Crippen molar-refractivity contribution in [2.75, 3.05) is 19.8 Å². The van der Waals surface area contributed by atoms with Crippen LogP contribution in [0.15, 0.2) is 0 Å². The standard InChI is InChI=1S/C7H14O2.H6OSi2/c1-2-3-4-8-5-7-6-9-7;1-3-2/h7H,2-6H2,1H3;1H,3H2,2H3.